The van der Waals surface area contributed by atoms with Crippen LogP contribution in [0.25, 0.3) is 22.2 Å². The van der Waals surface area contributed by atoms with Crippen LogP contribution in [0.3, 0.4) is 0 Å². The van der Waals surface area contributed by atoms with E-state index in [0.717, 1.165) is 23.3 Å². The molecule has 0 aliphatic heterocycles. The van der Waals surface area contributed by atoms with Crippen LogP contribution in [0.1, 0.15) is 35.1 Å². The van der Waals surface area contributed by atoms with E-state index >= 15 is 0 Å². The van der Waals surface area contributed by atoms with Crippen LogP contribution in [0, 0.1) is 22.9 Å². The highest BCUT2D eigenvalue weighted by Crippen LogP contribution is 2.24. The molecule has 1 atom stereocenters. The summed E-state index contributed by atoms with van der Waals surface area (Å²) in [4.78, 5) is 20.4. The molecule has 1 aromatic heterocycles. The third-order valence-electron chi connectivity index (χ3n) is 5.64. The van der Waals surface area contributed by atoms with Crippen LogP contribution in [0.2, 0.25) is 0 Å². The van der Waals surface area contributed by atoms with Crippen molar-refractivity contribution in [3.05, 3.63) is 89.5 Å². The molecule has 0 fully saturated rings. The molecule has 0 spiro atoms. The summed E-state index contributed by atoms with van der Waals surface area (Å²) in [5.74, 6) is -2.08. The van der Waals surface area contributed by atoms with Crippen molar-refractivity contribution in [1.82, 2.24) is 20.6 Å². The Morgan fingerprint density at radius 3 is 2.31 bits per heavy atom. The normalized spacial score (nSPS) is 11.9. The highest BCUT2D eigenvalue weighted by atomic mass is 35.5. The SMILES string of the molecule is N=C(CCl)NCCC[C@H](NC(=O)c1ccc(-c2ccc(F)cc2)cc1)c1nc2cc(F)c(F)cc2[nH]1. The Balaban J connectivity index is 1.52. The van der Waals surface area contributed by atoms with E-state index in [1.165, 1.54) is 12.1 Å². The molecule has 0 saturated heterocycles. The Hall–Kier alpha value is -3.85. The number of alkyl halides is 1. The lowest BCUT2D eigenvalue weighted by Crippen LogP contribution is -2.31. The average molecular weight is 514 g/mol. The summed E-state index contributed by atoms with van der Waals surface area (Å²) in [6.45, 7) is 0.452. The number of hydrogen-bond donors (Lipinski definition) is 4. The summed E-state index contributed by atoms with van der Waals surface area (Å²) in [6, 6.07) is 14.4. The van der Waals surface area contributed by atoms with Gasteiger partial charge in [0.15, 0.2) is 11.6 Å². The van der Waals surface area contributed by atoms with Gasteiger partial charge in [0.2, 0.25) is 0 Å². The number of fused-ring (bicyclic) bond motifs is 1. The Bertz CT molecular complexity index is 1330. The van der Waals surface area contributed by atoms with Crippen molar-refractivity contribution in [3.8, 4) is 11.1 Å². The predicted octanol–water partition coefficient (Wildman–Crippen LogP) is 5.70. The summed E-state index contributed by atoms with van der Waals surface area (Å²) in [5, 5.41) is 13.4. The molecule has 186 valence electrons. The second-order valence-corrected chi connectivity index (χ2v) is 8.46. The van der Waals surface area contributed by atoms with Crippen molar-refractivity contribution in [2.24, 2.45) is 0 Å². The molecule has 1 amide bonds. The molecule has 4 N–H and O–H groups in total. The van der Waals surface area contributed by atoms with E-state index in [9.17, 15) is 18.0 Å². The van der Waals surface area contributed by atoms with Gasteiger partial charge in [0, 0.05) is 24.2 Å². The van der Waals surface area contributed by atoms with Gasteiger partial charge in [0.25, 0.3) is 5.91 Å². The van der Waals surface area contributed by atoms with Gasteiger partial charge in [0.1, 0.15) is 17.5 Å². The highest BCUT2D eigenvalue weighted by molar-refractivity contribution is 6.27. The minimum absolute atomic E-state index is 0.0643. The number of benzene rings is 3. The molecule has 6 nitrogen and oxygen atoms in total. The van der Waals surface area contributed by atoms with Crippen molar-refractivity contribution in [2.45, 2.75) is 18.9 Å². The zero-order valence-electron chi connectivity index (χ0n) is 19.0. The summed E-state index contributed by atoms with van der Waals surface area (Å²) in [7, 11) is 0. The van der Waals surface area contributed by atoms with E-state index < -0.39 is 17.7 Å². The van der Waals surface area contributed by atoms with Gasteiger partial charge in [-0.1, -0.05) is 24.3 Å². The lowest BCUT2D eigenvalue weighted by Gasteiger charge is -2.17. The molecule has 0 bridgehead atoms. The number of amidine groups is 1. The summed E-state index contributed by atoms with van der Waals surface area (Å²) >= 11 is 5.62. The lowest BCUT2D eigenvalue weighted by atomic mass is 10.0. The quantitative estimate of drug-likeness (QED) is 0.1000. The molecule has 0 radical (unpaired) electrons. The van der Waals surface area contributed by atoms with Crippen molar-refractivity contribution in [2.75, 3.05) is 12.4 Å². The molecule has 0 saturated carbocycles. The minimum atomic E-state index is -1.01. The molecule has 0 aliphatic carbocycles. The predicted molar refractivity (Wildman–Crippen MR) is 134 cm³/mol. The third-order valence-corrected chi connectivity index (χ3v) is 5.91. The number of halogens is 4. The van der Waals surface area contributed by atoms with Gasteiger partial charge in [-0.05, 0) is 48.2 Å². The van der Waals surface area contributed by atoms with Gasteiger partial charge >= 0.3 is 0 Å². The fraction of sp³-hybridized carbons (Fsp3) is 0.192. The number of carbonyl (C=O) groups is 1. The van der Waals surface area contributed by atoms with Gasteiger partial charge in [-0.2, -0.15) is 0 Å². The maximum atomic E-state index is 13.7. The number of imidazole rings is 1. The summed E-state index contributed by atoms with van der Waals surface area (Å²) in [5.41, 5.74) is 2.61. The first-order valence-corrected chi connectivity index (χ1v) is 11.8. The maximum Gasteiger partial charge on any atom is 0.251 e. The van der Waals surface area contributed by atoms with Crippen LogP contribution in [0.5, 0.6) is 0 Å². The number of nitrogens with zero attached hydrogens (tertiary/aromatic N) is 1. The Labute approximate surface area is 210 Å². The smallest absolute Gasteiger partial charge is 0.251 e. The zero-order chi connectivity index (χ0) is 25.7. The van der Waals surface area contributed by atoms with Gasteiger partial charge in [-0.15, -0.1) is 11.6 Å². The van der Waals surface area contributed by atoms with Crippen LogP contribution in [-0.4, -0.2) is 34.1 Å². The van der Waals surface area contributed by atoms with Crippen molar-refractivity contribution < 1.29 is 18.0 Å². The van der Waals surface area contributed by atoms with Crippen LogP contribution >= 0.6 is 11.6 Å². The second kappa shape index (κ2) is 11.3. The standard InChI is InChI=1S/C26H23ClF3N5O/c27-14-24(31)32-11-1-2-21(25-33-22-12-19(29)20(30)13-23(22)34-25)35-26(36)17-5-3-15(4-6-17)16-7-9-18(28)10-8-16/h3-10,12-13,21H,1-2,11,14H2,(H2,31,32)(H,33,34)(H,35,36)/t21-/m0/s1. The van der Waals surface area contributed by atoms with Crippen LogP contribution < -0.4 is 10.6 Å². The fourth-order valence-electron chi connectivity index (χ4n) is 3.76. The minimum Gasteiger partial charge on any atom is -0.373 e. The van der Waals surface area contributed by atoms with Crippen molar-refractivity contribution in [1.29, 1.82) is 5.41 Å². The summed E-state index contributed by atoms with van der Waals surface area (Å²) < 4.78 is 40.5. The molecular weight excluding hydrogens is 491 g/mol. The van der Waals surface area contributed by atoms with E-state index in [0.29, 0.717) is 36.3 Å². The lowest BCUT2D eigenvalue weighted by molar-refractivity contribution is 0.0932. The Morgan fingerprint density at radius 1 is 1.00 bits per heavy atom. The number of rotatable bonds is 9. The van der Waals surface area contributed by atoms with E-state index in [4.69, 9.17) is 17.0 Å². The van der Waals surface area contributed by atoms with Gasteiger partial charge in [-0.25, -0.2) is 18.2 Å². The molecule has 0 aliphatic rings. The van der Waals surface area contributed by atoms with Crippen LogP contribution in [-0.2, 0) is 0 Å². The molecule has 36 heavy (non-hydrogen) atoms. The molecule has 3 aromatic carbocycles. The first-order chi connectivity index (χ1) is 17.3. The molecule has 4 rings (SSSR count). The van der Waals surface area contributed by atoms with Crippen LogP contribution in [0.15, 0.2) is 60.7 Å². The second-order valence-electron chi connectivity index (χ2n) is 8.20. The number of hydrogen-bond acceptors (Lipinski definition) is 3. The average Bonchev–Trinajstić information content (AvgIpc) is 3.28. The van der Waals surface area contributed by atoms with Gasteiger partial charge in [0.05, 0.1) is 23.0 Å². The number of nitrogens with one attached hydrogen (secondary N) is 4. The molecule has 4 aromatic rings. The van der Waals surface area contributed by atoms with Crippen molar-refractivity contribution in [3.63, 3.8) is 0 Å². The monoisotopic (exact) mass is 513 g/mol. The van der Waals surface area contributed by atoms with E-state index in [1.54, 1.807) is 36.4 Å². The Kier molecular flexibility index (Phi) is 7.90. The Morgan fingerprint density at radius 2 is 1.64 bits per heavy atom. The first-order valence-electron chi connectivity index (χ1n) is 11.2. The highest BCUT2D eigenvalue weighted by Gasteiger charge is 2.20. The molecule has 0 unspecified atom stereocenters. The number of H-pyrrole nitrogens is 1. The number of carbonyl (C=O) groups excluding carboxylic acids is 1. The molecule has 10 heteroatoms. The molecule has 1 heterocycles. The zero-order valence-corrected chi connectivity index (χ0v) is 19.8. The van der Waals surface area contributed by atoms with E-state index in [-0.39, 0.29) is 29.0 Å². The largest absolute Gasteiger partial charge is 0.373 e. The summed E-state index contributed by atoms with van der Waals surface area (Å²) in [6.07, 6.45) is 1.00. The number of aromatic nitrogens is 2. The number of amides is 1. The van der Waals surface area contributed by atoms with E-state index in [1.807, 2.05) is 0 Å². The van der Waals surface area contributed by atoms with Gasteiger partial charge in [-0.3, -0.25) is 10.2 Å². The van der Waals surface area contributed by atoms with Gasteiger partial charge < -0.3 is 15.6 Å². The van der Waals surface area contributed by atoms with Crippen LogP contribution in [0.4, 0.5) is 13.2 Å². The maximum absolute atomic E-state index is 13.7. The van der Waals surface area contributed by atoms with Crippen molar-refractivity contribution >= 4 is 34.4 Å². The molecular formula is C26H23ClF3N5O. The van der Waals surface area contributed by atoms with E-state index in [2.05, 4.69) is 20.6 Å². The fourth-order valence-corrected chi connectivity index (χ4v) is 3.85. The number of aromatic amines is 1. The topological polar surface area (TPSA) is 93.7 Å². The third kappa shape index (κ3) is 6.04. The first kappa shape index (κ1) is 25.2.